The van der Waals surface area contributed by atoms with E-state index in [0.29, 0.717) is 12.1 Å². The normalized spacial score (nSPS) is 12.7. The van der Waals surface area contributed by atoms with Gasteiger partial charge in [-0.3, -0.25) is 0 Å². The molecule has 1 aromatic rings. The second-order valence-electron chi connectivity index (χ2n) is 4.12. The van der Waals surface area contributed by atoms with Crippen molar-refractivity contribution in [2.75, 3.05) is 13.1 Å². The molecule has 0 spiro atoms. The van der Waals surface area contributed by atoms with Crippen molar-refractivity contribution in [1.82, 2.24) is 4.31 Å². The predicted octanol–water partition coefficient (Wildman–Crippen LogP) is 1.73. The summed E-state index contributed by atoms with van der Waals surface area (Å²) in [5.74, 6) is -0.367. The van der Waals surface area contributed by atoms with Crippen LogP contribution in [-0.4, -0.2) is 25.8 Å². The maximum atomic E-state index is 12.3. The molecule has 0 fully saturated rings. The monoisotopic (exact) mass is 277 g/mol. The average molecular weight is 277 g/mol. The average Bonchev–Trinajstić information content (AvgIpc) is 2.44. The molecule has 0 saturated carbocycles. The maximum Gasteiger partial charge on any atom is 0.243 e. The summed E-state index contributed by atoms with van der Waals surface area (Å²) in [4.78, 5) is 0.137. The van der Waals surface area contributed by atoms with Crippen molar-refractivity contribution in [1.29, 1.82) is 10.5 Å². The first-order valence-electron chi connectivity index (χ1n) is 5.85. The highest BCUT2D eigenvalue weighted by Crippen LogP contribution is 2.17. The molecule has 0 aliphatic carbocycles. The van der Waals surface area contributed by atoms with Crippen molar-refractivity contribution in [2.24, 2.45) is 5.92 Å². The molecule has 5 nitrogen and oxygen atoms in total. The van der Waals surface area contributed by atoms with E-state index in [1.165, 1.54) is 28.6 Å². The quantitative estimate of drug-likeness (QED) is 0.820. The van der Waals surface area contributed by atoms with Crippen LogP contribution in [0.4, 0.5) is 0 Å². The van der Waals surface area contributed by atoms with Crippen LogP contribution in [0.1, 0.15) is 19.4 Å². The topological polar surface area (TPSA) is 85.0 Å². The van der Waals surface area contributed by atoms with Gasteiger partial charge in [0.2, 0.25) is 10.0 Å². The molecule has 1 atom stereocenters. The summed E-state index contributed by atoms with van der Waals surface area (Å²) in [7, 11) is -3.61. The highest BCUT2D eigenvalue weighted by Gasteiger charge is 2.24. The molecule has 0 aliphatic rings. The minimum atomic E-state index is -3.61. The largest absolute Gasteiger partial charge is 0.243 e. The molecule has 1 aromatic carbocycles. The lowest BCUT2D eigenvalue weighted by molar-refractivity contribution is 0.400. The highest BCUT2D eigenvalue weighted by atomic mass is 32.2. The van der Waals surface area contributed by atoms with Crippen LogP contribution in [0.5, 0.6) is 0 Å². The van der Waals surface area contributed by atoms with Gasteiger partial charge in [0, 0.05) is 13.1 Å². The SMILES string of the molecule is CCN(CC(C)C#N)S(=O)(=O)c1ccc(C#N)cc1. The van der Waals surface area contributed by atoms with Gasteiger partial charge < -0.3 is 0 Å². The van der Waals surface area contributed by atoms with Gasteiger partial charge in [-0.15, -0.1) is 0 Å². The number of nitriles is 2. The Morgan fingerprint density at radius 1 is 1.26 bits per heavy atom. The molecule has 0 N–H and O–H groups in total. The van der Waals surface area contributed by atoms with Gasteiger partial charge in [0.1, 0.15) is 0 Å². The molecule has 1 rings (SSSR count). The molecule has 19 heavy (non-hydrogen) atoms. The van der Waals surface area contributed by atoms with Gasteiger partial charge in [-0.05, 0) is 31.2 Å². The zero-order valence-electron chi connectivity index (χ0n) is 10.9. The van der Waals surface area contributed by atoms with E-state index in [0.717, 1.165) is 0 Å². The summed E-state index contributed by atoms with van der Waals surface area (Å²) in [6.45, 7) is 3.87. The van der Waals surface area contributed by atoms with Crippen LogP contribution < -0.4 is 0 Å². The third-order valence-electron chi connectivity index (χ3n) is 2.67. The Morgan fingerprint density at radius 3 is 2.26 bits per heavy atom. The van der Waals surface area contributed by atoms with Crippen LogP contribution in [0.3, 0.4) is 0 Å². The summed E-state index contributed by atoms with van der Waals surface area (Å²) in [5, 5.41) is 17.5. The van der Waals surface area contributed by atoms with Crippen molar-refractivity contribution >= 4 is 10.0 Å². The number of hydrogen-bond donors (Lipinski definition) is 0. The van der Waals surface area contributed by atoms with Crippen molar-refractivity contribution in [2.45, 2.75) is 18.7 Å². The summed E-state index contributed by atoms with van der Waals surface area (Å²) >= 11 is 0. The Morgan fingerprint density at radius 2 is 1.84 bits per heavy atom. The van der Waals surface area contributed by atoms with E-state index in [4.69, 9.17) is 10.5 Å². The molecule has 0 saturated heterocycles. The highest BCUT2D eigenvalue weighted by molar-refractivity contribution is 7.89. The molecule has 0 radical (unpaired) electrons. The number of benzene rings is 1. The molecular formula is C13H15N3O2S. The lowest BCUT2D eigenvalue weighted by Gasteiger charge is -2.21. The molecule has 0 aromatic heterocycles. The number of sulfonamides is 1. The maximum absolute atomic E-state index is 12.3. The Hall–Kier alpha value is -1.89. The Bertz CT molecular complexity index is 609. The van der Waals surface area contributed by atoms with Gasteiger partial charge in [-0.25, -0.2) is 8.42 Å². The molecule has 0 amide bonds. The fourth-order valence-corrected chi connectivity index (χ4v) is 3.13. The minimum absolute atomic E-state index is 0.137. The fourth-order valence-electron chi connectivity index (χ4n) is 1.59. The molecule has 0 aliphatic heterocycles. The third kappa shape index (κ3) is 3.54. The predicted molar refractivity (Wildman–Crippen MR) is 70.4 cm³/mol. The Balaban J connectivity index is 3.07. The van der Waals surface area contributed by atoms with Crippen molar-refractivity contribution in [3.05, 3.63) is 29.8 Å². The zero-order valence-corrected chi connectivity index (χ0v) is 11.7. The molecule has 1 unspecified atom stereocenters. The molecular weight excluding hydrogens is 262 g/mol. The van der Waals surface area contributed by atoms with Crippen LogP contribution in [-0.2, 0) is 10.0 Å². The van der Waals surface area contributed by atoms with Crippen LogP contribution in [0, 0.1) is 28.6 Å². The van der Waals surface area contributed by atoms with Gasteiger partial charge in [0.25, 0.3) is 0 Å². The smallest absolute Gasteiger partial charge is 0.207 e. The number of rotatable bonds is 5. The molecule has 6 heteroatoms. The summed E-state index contributed by atoms with van der Waals surface area (Å²) < 4.78 is 26.0. The summed E-state index contributed by atoms with van der Waals surface area (Å²) in [6, 6.07) is 9.72. The van der Waals surface area contributed by atoms with E-state index in [9.17, 15) is 8.42 Å². The van der Waals surface area contributed by atoms with Gasteiger partial charge in [-0.2, -0.15) is 14.8 Å². The summed E-state index contributed by atoms with van der Waals surface area (Å²) in [5.41, 5.74) is 0.410. The van der Waals surface area contributed by atoms with Crippen LogP contribution in [0.2, 0.25) is 0 Å². The van der Waals surface area contributed by atoms with Crippen LogP contribution >= 0.6 is 0 Å². The molecule has 100 valence electrons. The number of hydrogen-bond acceptors (Lipinski definition) is 4. The lowest BCUT2D eigenvalue weighted by Crippen LogP contribution is -2.34. The molecule has 0 bridgehead atoms. The fraction of sp³-hybridized carbons (Fsp3) is 0.385. The van der Waals surface area contributed by atoms with E-state index in [1.807, 2.05) is 12.1 Å². The van der Waals surface area contributed by atoms with E-state index >= 15 is 0 Å². The van der Waals surface area contributed by atoms with Crippen molar-refractivity contribution in [3.8, 4) is 12.1 Å². The van der Waals surface area contributed by atoms with Gasteiger partial charge in [0.05, 0.1) is 28.5 Å². The van der Waals surface area contributed by atoms with Crippen LogP contribution in [0.25, 0.3) is 0 Å². The lowest BCUT2D eigenvalue weighted by atomic mass is 10.2. The first kappa shape index (κ1) is 15.2. The van der Waals surface area contributed by atoms with E-state index in [2.05, 4.69) is 0 Å². The van der Waals surface area contributed by atoms with Crippen molar-refractivity contribution in [3.63, 3.8) is 0 Å². The van der Waals surface area contributed by atoms with E-state index in [-0.39, 0.29) is 17.4 Å². The number of nitrogens with zero attached hydrogens (tertiary/aromatic N) is 3. The zero-order chi connectivity index (χ0) is 14.5. The van der Waals surface area contributed by atoms with Crippen LogP contribution in [0.15, 0.2) is 29.2 Å². The Labute approximate surface area is 113 Å². The third-order valence-corrected chi connectivity index (χ3v) is 4.63. The van der Waals surface area contributed by atoms with Gasteiger partial charge >= 0.3 is 0 Å². The summed E-state index contributed by atoms with van der Waals surface area (Å²) in [6.07, 6.45) is 0. The second-order valence-corrected chi connectivity index (χ2v) is 6.06. The first-order chi connectivity index (χ1) is 8.95. The van der Waals surface area contributed by atoms with E-state index < -0.39 is 10.0 Å². The first-order valence-corrected chi connectivity index (χ1v) is 7.29. The molecule has 0 heterocycles. The second kappa shape index (κ2) is 6.33. The van der Waals surface area contributed by atoms with Gasteiger partial charge in [-0.1, -0.05) is 6.92 Å². The van der Waals surface area contributed by atoms with Gasteiger partial charge in [0.15, 0.2) is 0 Å². The standard InChI is InChI=1S/C13H15N3O2S/c1-3-16(10-11(2)8-14)19(17,18)13-6-4-12(9-15)5-7-13/h4-7,11H,3,10H2,1-2H3. The van der Waals surface area contributed by atoms with E-state index in [1.54, 1.807) is 13.8 Å². The van der Waals surface area contributed by atoms with Crippen molar-refractivity contribution < 1.29 is 8.42 Å². The minimum Gasteiger partial charge on any atom is -0.207 e. The Kier molecular flexibility index (Phi) is 5.05.